The Labute approximate surface area is 100 Å². The van der Waals surface area contributed by atoms with E-state index in [0.717, 1.165) is 4.68 Å². The molecule has 18 heavy (non-hydrogen) atoms. The highest BCUT2D eigenvalue weighted by Gasteiger charge is 2.20. The van der Waals surface area contributed by atoms with Crippen molar-refractivity contribution in [1.29, 1.82) is 0 Å². The van der Waals surface area contributed by atoms with E-state index in [4.69, 9.17) is 0 Å². The van der Waals surface area contributed by atoms with Crippen molar-refractivity contribution in [1.82, 2.24) is 25.2 Å². The average molecular weight is 266 g/mol. The van der Waals surface area contributed by atoms with E-state index >= 15 is 0 Å². The van der Waals surface area contributed by atoms with Crippen molar-refractivity contribution in [3.8, 4) is 0 Å². The van der Waals surface area contributed by atoms with Gasteiger partial charge in [-0.2, -0.15) is 8.42 Å². The molecule has 92 valence electrons. The first-order valence-electron chi connectivity index (χ1n) is 4.75. The Kier molecular flexibility index (Phi) is 2.23. The average Bonchev–Trinajstić information content (AvgIpc) is 2.97. The third-order valence-electron chi connectivity index (χ3n) is 2.18. The van der Waals surface area contributed by atoms with Crippen LogP contribution in [0.2, 0.25) is 0 Å². The number of hydrogen-bond donors (Lipinski definition) is 1. The smallest absolute Gasteiger partial charge is 0.243 e. The van der Waals surface area contributed by atoms with E-state index in [9.17, 15) is 8.42 Å². The maximum Gasteiger partial charge on any atom is 0.277 e. The van der Waals surface area contributed by atoms with E-state index in [-0.39, 0.29) is 10.4 Å². The van der Waals surface area contributed by atoms with Gasteiger partial charge in [-0.15, -0.1) is 10.2 Å². The molecule has 0 unspecified atom stereocenters. The summed E-state index contributed by atoms with van der Waals surface area (Å²) < 4.78 is 29.9. The highest BCUT2D eigenvalue weighted by Crippen LogP contribution is 2.19. The summed E-state index contributed by atoms with van der Waals surface area (Å²) >= 11 is 0. The lowest BCUT2D eigenvalue weighted by atomic mass is 10.3. The molecule has 1 aromatic carbocycles. The molecule has 0 spiro atoms. The summed E-state index contributed by atoms with van der Waals surface area (Å²) in [5.74, 6) is 0. The molecule has 3 rings (SSSR count). The maximum absolute atomic E-state index is 12.1. The summed E-state index contributed by atoms with van der Waals surface area (Å²) in [5.41, 5.74) is 0.528. The van der Waals surface area contributed by atoms with Crippen molar-refractivity contribution in [2.45, 2.75) is 4.90 Å². The minimum Gasteiger partial charge on any atom is -0.243 e. The predicted molar refractivity (Wildman–Crippen MR) is 58.4 cm³/mol. The largest absolute Gasteiger partial charge is 0.277 e. The minimum atomic E-state index is -3.81. The number of aromatic nitrogens is 5. The van der Waals surface area contributed by atoms with Crippen LogP contribution in [0.5, 0.6) is 0 Å². The normalized spacial score (nSPS) is 11.8. The van der Waals surface area contributed by atoms with E-state index < -0.39 is 10.0 Å². The highest BCUT2D eigenvalue weighted by atomic mass is 32.2. The molecule has 0 saturated carbocycles. The maximum atomic E-state index is 12.1. The SMILES string of the molecule is O=S(=O)(Nn1cnnc1)c1cccc2nonc12. The van der Waals surface area contributed by atoms with E-state index in [1.165, 1.54) is 18.7 Å². The number of hydrogen-bond acceptors (Lipinski definition) is 7. The summed E-state index contributed by atoms with van der Waals surface area (Å²) in [6, 6.07) is 4.55. The molecule has 9 nitrogen and oxygen atoms in total. The van der Waals surface area contributed by atoms with Gasteiger partial charge < -0.3 is 0 Å². The zero-order valence-electron chi connectivity index (χ0n) is 8.76. The first-order chi connectivity index (χ1) is 8.67. The molecule has 0 bridgehead atoms. The van der Waals surface area contributed by atoms with Crippen LogP contribution in [-0.2, 0) is 10.0 Å². The van der Waals surface area contributed by atoms with Crippen LogP contribution in [0.15, 0.2) is 40.4 Å². The first-order valence-corrected chi connectivity index (χ1v) is 6.24. The quantitative estimate of drug-likeness (QED) is 0.694. The third kappa shape index (κ3) is 1.68. The zero-order valence-corrected chi connectivity index (χ0v) is 9.57. The van der Waals surface area contributed by atoms with Crippen LogP contribution in [0.3, 0.4) is 0 Å². The summed E-state index contributed by atoms with van der Waals surface area (Å²) in [5, 5.41) is 14.1. The van der Waals surface area contributed by atoms with E-state index in [0.29, 0.717) is 5.52 Å². The molecule has 0 atom stereocenters. The lowest BCUT2D eigenvalue weighted by Crippen LogP contribution is -2.22. The molecule has 2 aromatic heterocycles. The van der Waals surface area contributed by atoms with Crippen LogP contribution >= 0.6 is 0 Å². The summed E-state index contributed by atoms with van der Waals surface area (Å²) in [6.07, 6.45) is 2.44. The van der Waals surface area contributed by atoms with Crippen molar-refractivity contribution in [2.24, 2.45) is 0 Å². The van der Waals surface area contributed by atoms with Gasteiger partial charge in [0.2, 0.25) is 0 Å². The molecule has 0 fully saturated rings. The minimum absolute atomic E-state index is 0.0325. The Hall–Kier alpha value is -2.49. The molecule has 2 heterocycles. The molecule has 0 aliphatic heterocycles. The fourth-order valence-corrected chi connectivity index (χ4v) is 2.56. The fraction of sp³-hybridized carbons (Fsp3) is 0. The van der Waals surface area contributed by atoms with E-state index in [2.05, 4.69) is 30.0 Å². The van der Waals surface area contributed by atoms with Gasteiger partial charge in [0.1, 0.15) is 23.1 Å². The monoisotopic (exact) mass is 266 g/mol. The zero-order chi connectivity index (χ0) is 12.6. The standard InChI is InChI=1S/C8H6N6O3S/c15-18(16,13-14-4-9-10-5-14)7-3-1-2-6-8(7)12-17-11-6/h1-5,13H. The van der Waals surface area contributed by atoms with E-state index in [1.54, 1.807) is 12.1 Å². The predicted octanol–water partition coefficient (Wildman–Crippen LogP) is -0.253. The molecule has 0 radical (unpaired) electrons. The van der Waals surface area contributed by atoms with Crippen LogP contribution in [-0.4, -0.2) is 33.6 Å². The second kappa shape index (κ2) is 3.77. The van der Waals surface area contributed by atoms with Gasteiger partial charge in [-0.05, 0) is 22.4 Å². The van der Waals surface area contributed by atoms with Gasteiger partial charge in [0.15, 0.2) is 5.52 Å². The van der Waals surface area contributed by atoms with E-state index in [1.807, 2.05) is 0 Å². The summed E-state index contributed by atoms with van der Waals surface area (Å²) in [6.45, 7) is 0. The van der Waals surface area contributed by atoms with Gasteiger partial charge in [-0.3, -0.25) is 0 Å². The van der Waals surface area contributed by atoms with Gasteiger partial charge in [0.05, 0.1) is 0 Å². The van der Waals surface area contributed by atoms with Crippen LogP contribution in [0.25, 0.3) is 11.0 Å². The van der Waals surface area contributed by atoms with Crippen LogP contribution in [0, 0.1) is 0 Å². The van der Waals surface area contributed by atoms with Gasteiger partial charge in [-0.1, -0.05) is 6.07 Å². The molecule has 3 aromatic rings. The van der Waals surface area contributed by atoms with Crippen LogP contribution in [0.4, 0.5) is 0 Å². The third-order valence-corrected chi connectivity index (χ3v) is 3.54. The molecule has 1 N–H and O–H groups in total. The fourth-order valence-electron chi connectivity index (χ4n) is 1.43. The molecular weight excluding hydrogens is 260 g/mol. The summed E-state index contributed by atoms with van der Waals surface area (Å²) in [4.78, 5) is 2.22. The molecular formula is C8H6N6O3S. The highest BCUT2D eigenvalue weighted by molar-refractivity contribution is 7.92. The number of nitrogens with zero attached hydrogens (tertiary/aromatic N) is 5. The lowest BCUT2D eigenvalue weighted by molar-refractivity contribution is 0.315. The number of rotatable bonds is 3. The number of fused-ring (bicyclic) bond motifs is 1. The van der Waals surface area contributed by atoms with Crippen LogP contribution in [0.1, 0.15) is 0 Å². The topological polar surface area (TPSA) is 116 Å². The van der Waals surface area contributed by atoms with Gasteiger partial charge in [-0.25, -0.2) is 14.1 Å². The lowest BCUT2D eigenvalue weighted by Gasteiger charge is -2.06. The second-order valence-corrected chi connectivity index (χ2v) is 4.98. The Morgan fingerprint density at radius 1 is 1.17 bits per heavy atom. The van der Waals surface area contributed by atoms with Crippen LogP contribution < -0.4 is 4.83 Å². The van der Waals surface area contributed by atoms with Crippen molar-refractivity contribution in [3.05, 3.63) is 30.9 Å². The number of benzene rings is 1. The van der Waals surface area contributed by atoms with Crippen molar-refractivity contribution in [2.75, 3.05) is 4.83 Å². The Morgan fingerprint density at radius 3 is 2.72 bits per heavy atom. The molecule has 0 aliphatic carbocycles. The van der Waals surface area contributed by atoms with Gasteiger partial charge in [0, 0.05) is 0 Å². The Balaban J connectivity index is 2.11. The molecule has 0 saturated heterocycles. The molecule has 0 amide bonds. The van der Waals surface area contributed by atoms with Crippen molar-refractivity contribution in [3.63, 3.8) is 0 Å². The number of nitrogens with one attached hydrogen (secondary N) is 1. The van der Waals surface area contributed by atoms with Gasteiger partial charge in [0.25, 0.3) is 10.0 Å². The Bertz CT molecular complexity index is 778. The molecule has 0 aliphatic rings. The van der Waals surface area contributed by atoms with Gasteiger partial charge >= 0.3 is 0 Å². The number of sulfonamides is 1. The Morgan fingerprint density at radius 2 is 1.94 bits per heavy atom. The van der Waals surface area contributed by atoms with Crippen molar-refractivity contribution >= 4 is 21.1 Å². The molecule has 10 heteroatoms. The second-order valence-electron chi connectivity index (χ2n) is 3.35. The first kappa shape index (κ1) is 10.7. The summed E-state index contributed by atoms with van der Waals surface area (Å²) in [7, 11) is -3.81. The van der Waals surface area contributed by atoms with Crippen molar-refractivity contribution < 1.29 is 13.0 Å².